The number of hydrogen-bond donors (Lipinski definition) is 1. The quantitative estimate of drug-likeness (QED) is 0.873. The molecule has 7 nitrogen and oxygen atoms in total. The highest BCUT2D eigenvalue weighted by atomic mass is 16.5. The van der Waals surface area contributed by atoms with Crippen LogP contribution in [0, 0.1) is 0 Å². The zero-order valence-corrected chi connectivity index (χ0v) is 14.1. The van der Waals surface area contributed by atoms with E-state index in [-0.39, 0.29) is 11.9 Å². The van der Waals surface area contributed by atoms with Crippen LogP contribution in [0.25, 0.3) is 0 Å². The van der Waals surface area contributed by atoms with Gasteiger partial charge in [-0.2, -0.15) is 5.10 Å². The predicted octanol–water partition coefficient (Wildman–Crippen LogP) is 1.70. The lowest BCUT2D eigenvalue weighted by Gasteiger charge is -2.22. The highest BCUT2D eigenvalue weighted by molar-refractivity contribution is 5.88. The maximum absolute atomic E-state index is 11.2. The molecule has 0 saturated carbocycles. The van der Waals surface area contributed by atoms with E-state index >= 15 is 0 Å². The number of carbonyl (C=O) groups excluding carboxylic acids is 1. The topological polar surface area (TPSA) is 72.3 Å². The number of amides is 1. The number of nitrogens with zero attached hydrogens (tertiary/aromatic N) is 4. The minimum atomic E-state index is -0.0880. The average Bonchev–Trinajstić information content (AvgIpc) is 3.16. The Hall–Kier alpha value is -2.25. The molecule has 0 bridgehead atoms. The third-order valence-corrected chi connectivity index (χ3v) is 4.25. The van der Waals surface area contributed by atoms with Gasteiger partial charge in [-0.25, -0.2) is 0 Å². The standard InChI is InChI=1S/C17H23N5O2/c1-13(23)20-15-8-19-22(10-15)16-7-17(12-24-2)21(11-16)9-14-5-3-4-6-18-14/h3-6,8,10,16-17H,7,9,11-12H2,1-2H3,(H,20,23)/t16-,17-/m0/s1. The molecule has 1 saturated heterocycles. The molecule has 3 heterocycles. The van der Waals surface area contributed by atoms with Crippen LogP contribution < -0.4 is 5.32 Å². The van der Waals surface area contributed by atoms with Crippen LogP contribution in [0.2, 0.25) is 0 Å². The van der Waals surface area contributed by atoms with Crippen molar-refractivity contribution in [3.05, 3.63) is 42.5 Å². The summed E-state index contributed by atoms with van der Waals surface area (Å²) in [4.78, 5) is 18.0. The SMILES string of the molecule is COC[C@@H]1C[C@H](n2cc(NC(C)=O)cn2)CN1Cc1ccccn1. The molecule has 24 heavy (non-hydrogen) atoms. The molecule has 0 unspecified atom stereocenters. The normalized spacial score (nSPS) is 21.1. The smallest absolute Gasteiger partial charge is 0.221 e. The van der Waals surface area contributed by atoms with Gasteiger partial charge in [0.05, 0.1) is 30.2 Å². The summed E-state index contributed by atoms with van der Waals surface area (Å²) < 4.78 is 7.32. The van der Waals surface area contributed by atoms with E-state index in [0.717, 1.165) is 30.9 Å². The molecular weight excluding hydrogens is 306 g/mol. The summed E-state index contributed by atoms with van der Waals surface area (Å²) >= 11 is 0. The van der Waals surface area contributed by atoms with Crippen molar-refractivity contribution < 1.29 is 9.53 Å². The maximum atomic E-state index is 11.2. The molecular formula is C17H23N5O2. The second kappa shape index (κ2) is 7.55. The lowest BCUT2D eigenvalue weighted by molar-refractivity contribution is -0.114. The van der Waals surface area contributed by atoms with Crippen molar-refractivity contribution in [2.45, 2.75) is 32.0 Å². The fourth-order valence-corrected chi connectivity index (χ4v) is 3.21. The fourth-order valence-electron chi connectivity index (χ4n) is 3.21. The molecule has 128 valence electrons. The number of carbonyl (C=O) groups is 1. The van der Waals surface area contributed by atoms with Gasteiger partial charge in [0.15, 0.2) is 0 Å². The van der Waals surface area contributed by atoms with E-state index in [1.54, 1.807) is 13.3 Å². The van der Waals surface area contributed by atoms with Crippen molar-refractivity contribution >= 4 is 11.6 Å². The molecule has 0 aliphatic carbocycles. The van der Waals surface area contributed by atoms with Crippen molar-refractivity contribution in [1.82, 2.24) is 19.7 Å². The number of likely N-dealkylation sites (tertiary alicyclic amines) is 1. The predicted molar refractivity (Wildman–Crippen MR) is 90.5 cm³/mol. The molecule has 3 rings (SSSR count). The van der Waals surface area contributed by atoms with Crippen LogP contribution in [-0.2, 0) is 16.1 Å². The van der Waals surface area contributed by atoms with E-state index in [4.69, 9.17) is 4.74 Å². The Balaban J connectivity index is 1.70. The largest absolute Gasteiger partial charge is 0.383 e. The zero-order chi connectivity index (χ0) is 16.9. The zero-order valence-electron chi connectivity index (χ0n) is 14.1. The third kappa shape index (κ3) is 3.98. The number of ether oxygens (including phenoxy) is 1. The first-order valence-corrected chi connectivity index (χ1v) is 8.10. The molecule has 1 aliphatic heterocycles. The van der Waals surface area contributed by atoms with E-state index in [9.17, 15) is 4.79 Å². The number of anilines is 1. The lowest BCUT2D eigenvalue weighted by Crippen LogP contribution is -2.32. The highest BCUT2D eigenvalue weighted by Crippen LogP contribution is 2.29. The Morgan fingerprint density at radius 1 is 1.46 bits per heavy atom. The van der Waals surface area contributed by atoms with Gasteiger partial charge in [0, 0.05) is 45.6 Å². The van der Waals surface area contributed by atoms with Crippen LogP contribution >= 0.6 is 0 Å². The molecule has 0 radical (unpaired) electrons. The first-order valence-electron chi connectivity index (χ1n) is 8.10. The van der Waals surface area contributed by atoms with Crippen molar-refractivity contribution in [2.75, 3.05) is 25.6 Å². The number of rotatable bonds is 6. The first-order chi connectivity index (χ1) is 11.7. The van der Waals surface area contributed by atoms with Crippen LogP contribution in [0.1, 0.15) is 25.1 Å². The van der Waals surface area contributed by atoms with Crippen LogP contribution in [0.4, 0.5) is 5.69 Å². The van der Waals surface area contributed by atoms with Crippen LogP contribution in [0.3, 0.4) is 0 Å². The second-order valence-electron chi connectivity index (χ2n) is 6.14. The molecule has 2 aromatic rings. The van der Waals surface area contributed by atoms with Crippen molar-refractivity contribution in [3.63, 3.8) is 0 Å². The highest BCUT2D eigenvalue weighted by Gasteiger charge is 2.33. The van der Waals surface area contributed by atoms with Crippen LogP contribution in [-0.4, -0.2) is 51.9 Å². The van der Waals surface area contributed by atoms with Crippen LogP contribution in [0.15, 0.2) is 36.8 Å². The monoisotopic (exact) mass is 329 g/mol. The Morgan fingerprint density at radius 2 is 2.33 bits per heavy atom. The summed E-state index contributed by atoms with van der Waals surface area (Å²) in [7, 11) is 1.73. The molecule has 1 aliphatic rings. The van der Waals surface area contributed by atoms with E-state index in [1.807, 2.05) is 35.3 Å². The van der Waals surface area contributed by atoms with Gasteiger partial charge in [-0.1, -0.05) is 6.07 Å². The Morgan fingerprint density at radius 3 is 3.04 bits per heavy atom. The Labute approximate surface area is 141 Å². The number of hydrogen-bond acceptors (Lipinski definition) is 5. The van der Waals surface area contributed by atoms with Gasteiger partial charge in [0.25, 0.3) is 0 Å². The van der Waals surface area contributed by atoms with Crippen LogP contribution in [0.5, 0.6) is 0 Å². The van der Waals surface area contributed by atoms with Crippen molar-refractivity contribution in [1.29, 1.82) is 0 Å². The summed E-state index contributed by atoms with van der Waals surface area (Å²) in [6, 6.07) is 6.57. The summed E-state index contributed by atoms with van der Waals surface area (Å²) in [5, 5.41) is 7.17. The summed E-state index contributed by atoms with van der Waals surface area (Å²) in [6.45, 7) is 3.86. The van der Waals surface area contributed by atoms with Gasteiger partial charge >= 0.3 is 0 Å². The van der Waals surface area contributed by atoms with Crippen molar-refractivity contribution in [2.24, 2.45) is 0 Å². The van der Waals surface area contributed by atoms with E-state index < -0.39 is 0 Å². The minimum Gasteiger partial charge on any atom is -0.383 e. The fraction of sp³-hybridized carbons (Fsp3) is 0.471. The van der Waals surface area contributed by atoms with Gasteiger partial charge < -0.3 is 10.1 Å². The summed E-state index contributed by atoms with van der Waals surface area (Å²) in [6.07, 6.45) is 6.36. The molecule has 1 N–H and O–H groups in total. The van der Waals surface area contributed by atoms with E-state index in [1.165, 1.54) is 6.92 Å². The van der Waals surface area contributed by atoms with E-state index in [2.05, 4.69) is 20.3 Å². The summed E-state index contributed by atoms with van der Waals surface area (Å²) in [5.41, 5.74) is 1.78. The van der Waals surface area contributed by atoms with E-state index in [0.29, 0.717) is 12.6 Å². The Bertz CT molecular complexity index is 673. The Kier molecular flexibility index (Phi) is 5.22. The number of methoxy groups -OCH3 is 1. The van der Waals surface area contributed by atoms with Gasteiger partial charge in [0.1, 0.15) is 0 Å². The molecule has 0 spiro atoms. The second-order valence-corrected chi connectivity index (χ2v) is 6.14. The number of pyridine rings is 1. The number of nitrogens with one attached hydrogen (secondary N) is 1. The maximum Gasteiger partial charge on any atom is 0.221 e. The van der Waals surface area contributed by atoms with Gasteiger partial charge in [-0.3, -0.25) is 19.4 Å². The van der Waals surface area contributed by atoms with Gasteiger partial charge in [-0.15, -0.1) is 0 Å². The lowest BCUT2D eigenvalue weighted by atomic mass is 10.2. The van der Waals surface area contributed by atoms with Gasteiger partial charge in [0.2, 0.25) is 5.91 Å². The number of aromatic nitrogens is 3. The molecule has 7 heteroatoms. The van der Waals surface area contributed by atoms with Gasteiger partial charge in [-0.05, 0) is 18.6 Å². The molecule has 0 aromatic carbocycles. The molecule has 2 aromatic heterocycles. The minimum absolute atomic E-state index is 0.0880. The van der Waals surface area contributed by atoms with Crippen molar-refractivity contribution in [3.8, 4) is 0 Å². The first kappa shape index (κ1) is 16.6. The molecule has 1 fully saturated rings. The summed E-state index contributed by atoms with van der Waals surface area (Å²) in [5.74, 6) is -0.0880. The average molecular weight is 329 g/mol. The molecule has 2 atom stereocenters. The third-order valence-electron chi connectivity index (χ3n) is 4.25. The molecule has 1 amide bonds.